The topological polar surface area (TPSA) is 105 Å². The van der Waals surface area contributed by atoms with E-state index in [1.54, 1.807) is 12.1 Å². The molecule has 1 aromatic heterocycles. The zero-order valence-corrected chi connectivity index (χ0v) is 13.3. The summed E-state index contributed by atoms with van der Waals surface area (Å²) in [6.45, 7) is -0.0257. The van der Waals surface area contributed by atoms with E-state index in [1.807, 2.05) is 0 Å². The Hall–Kier alpha value is -1.48. The lowest BCUT2D eigenvalue weighted by molar-refractivity contribution is -0.138. The molecule has 0 aromatic carbocycles. The van der Waals surface area contributed by atoms with Gasteiger partial charge in [-0.25, -0.2) is 13.4 Å². The van der Waals surface area contributed by atoms with Crippen LogP contribution < -0.4 is 0 Å². The summed E-state index contributed by atoms with van der Waals surface area (Å²) in [7, 11) is -3.33. The number of hydrogen-bond donors (Lipinski definition) is 1. The average Bonchev–Trinajstić information content (AvgIpc) is 2.37. The summed E-state index contributed by atoms with van der Waals surface area (Å²) in [5.74, 6) is -2.12. The van der Waals surface area contributed by atoms with Crippen molar-refractivity contribution in [3.8, 4) is 0 Å². The Morgan fingerprint density at radius 2 is 2.19 bits per heavy atom. The molecule has 0 saturated carbocycles. The van der Waals surface area contributed by atoms with Gasteiger partial charge in [0.1, 0.15) is 5.69 Å². The molecule has 0 bridgehead atoms. The molecule has 7 nitrogen and oxygen atoms in total. The minimum absolute atomic E-state index is 0.0257. The summed E-state index contributed by atoms with van der Waals surface area (Å²) in [5, 5.41) is 8.90. The standard InChI is InChI=1S/C12H13BrN2O5S/c13-9-2-1-3-14-11(9)12(18)15-4-5-21(19,20)7-8(15)6-10(16)17/h1-3,8H,4-7H2,(H,16,17). The second-order valence-electron chi connectivity index (χ2n) is 4.70. The number of carbonyl (C=O) groups is 2. The Morgan fingerprint density at radius 3 is 2.81 bits per heavy atom. The Balaban J connectivity index is 2.29. The molecular weight excluding hydrogens is 364 g/mol. The van der Waals surface area contributed by atoms with Crippen molar-refractivity contribution in [2.24, 2.45) is 0 Å². The number of amides is 1. The molecule has 2 heterocycles. The van der Waals surface area contributed by atoms with E-state index in [2.05, 4.69) is 20.9 Å². The highest BCUT2D eigenvalue weighted by Crippen LogP contribution is 2.21. The van der Waals surface area contributed by atoms with Crippen molar-refractivity contribution >= 4 is 37.6 Å². The first-order valence-electron chi connectivity index (χ1n) is 6.14. The van der Waals surface area contributed by atoms with Gasteiger partial charge in [0, 0.05) is 17.2 Å². The molecule has 1 aliphatic rings. The van der Waals surface area contributed by atoms with Crippen LogP contribution in [0.25, 0.3) is 0 Å². The third-order valence-corrected chi connectivity index (χ3v) is 5.50. The fraction of sp³-hybridized carbons (Fsp3) is 0.417. The summed E-state index contributed by atoms with van der Waals surface area (Å²) in [5.41, 5.74) is 0.146. The van der Waals surface area contributed by atoms with Gasteiger partial charge in [-0.2, -0.15) is 0 Å². The summed E-state index contributed by atoms with van der Waals surface area (Å²) < 4.78 is 23.8. The van der Waals surface area contributed by atoms with Gasteiger partial charge in [0.2, 0.25) is 0 Å². The lowest BCUT2D eigenvalue weighted by Crippen LogP contribution is -2.52. The molecule has 0 spiro atoms. The van der Waals surface area contributed by atoms with E-state index >= 15 is 0 Å². The summed E-state index contributed by atoms with van der Waals surface area (Å²) >= 11 is 3.21. The molecule has 1 aliphatic heterocycles. The van der Waals surface area contributed by atoms with Gasteiger partial charge < -0.3 is 10.0 Å². The van der Waals surface area contributed by atoms with E-state index < -0.39 is 34.2 Å². The number of carbonyl (C=O) groups excluding carboxylic acids is 1. The third-order valence-electron chi connectivity index (χ3n) is 3.16. The highest BCUT2D eigenvalue weighted by Gasteiger charge is 2.36. The van der Waals surface area contributed by atoms with Crippen molar-refractivity contribution in [1.82, 2.24) is 9.88 Å². The number of carboxylic acid groups (broad SMARTS) is 1. The molecule has 0 radical (unpaired) electrons. The molecule has 21 heavy (non-hydrogen) atoms. The minimum Gasteiger partial charge on any atom is -0.481 e. The van der Waals surface area contributed by atoms with E-state index in [0.717, 1.165) is 0 Å². The molecule has 9 heteroatoms. The van der Waals surface area contributed by atoms with Crippen LogP contribution in [-0.2, 0) is 14.6 Å². The maximum atomic E-state index is 12.5. The minimum atomic E-state index is -3.33. The maximum Gasteiger partial charge on any atom is 0.305 e. The zero-order valence-electron chi connectivity index (χ0n) is 10.9. The van der Waals surface area contributed by atoms with Crippen LogP contribution in [0.4, 0.5) is 0 Å². The number of sulfone groups is 1. The van der Waals surface area contributed by atoms with Crippen molar-refractivity contribution in [3.05, 3.63) is 28.5 Å². The van der Waals surface area contributed by atoms with Crippen LogP contribution in [-0.4, -0.2) is 59.4 Å². The Morgan fingerprint density at radius 1 is 1.48 bits per heavy atom. The number of aliphatic carboxylic acids is 1. The molecule has 1 N–H and O–H groups in total. The fourth-order valence-corrected chi connectivity index (χ4v) is 4.15. The highest BCUT2D eigenvalue weighted by molar-refractivity contribution is 9.10. The molecule has 1 saturated heterocycles. The van der Waals surface area contributed by atoms with Crippen molar-refractivity contribution in [3.63, 3.8) is 0 Å². The van der Waals surface area contributed by atoms with Gasteiger partial charge in [0.15, 0.2) is 9.84 Å². The highest BCUT2D eigenvalue weighted by atomic mass is 79.9. The van der Waals surface area contributed by atoms with Crippen molar-refractivity contribution in [2.45, 2.75) is 12.5 Å². The van der Waals surface area contributed by atoms with E-state index in [0.29, 0.717) is 4.47 Å². The van der Waals surface area contributed by atoms with Crippen molar-refractivity contribution < 1.29 is 23.1 Å². The van der Waals surface area contributed by atoms with Crippen LogP contribution in [0.2, 0.25) is 0 Å². The van der Waals surface area contributed by atoms with E-state index in [1.165, 1.54) is 11.1 Å². The first kappa shape index (κ1) is 15.9. The average molecular weight is 377 g/mol. The molecular formula is C12H13BrN2O5S. The SMILES string of the molecule is O=C(O)CC1CS(=O)(=O)CCN1C(=O)c1ncccc1Br. The van der Waals surface area contributed by atoms with Gasteiger partial charge in [0.25, 0.3) is 5.91 Å². The number of nitrogens with zero attached hydrogens (tertiary/aromatic N) is 2. The van der Waals surface area contributed by atoms with Gasteiger partial charge >= 0.3 is 5.97 Å². The third kappa shape index (κ3) is 3.79. The smallest absolute Gasteiger partial charge is 0.305 e. The molecule has 1 unspecified atom stereocenters. The molecule has 1 amide bonds. The van der Waals surface area contributed by atoms with Gasteiger partial charge in [0.05, 0.1) is 24.0 Å². The molecule has 1 fully saturated rings. The van der Waals surface area contributed by atoms with Gasteiger partial charge in [-0.1, -0.05) is 0 Å². The number of pyridine rings is 1. The quantitative estimate of drug-likeness (QED) is 0.825. The van der Waals surface area contributed by atoms with Crippen LogP contribution in [0.15, 0.2) is 22.8 Å². The van der Waals surface area contributed by atoms with E-state index in [-0.39, 0.29) is 23.7 Å². The largest absolute Gasteiger partial charge is 0.481 e. The predicted octanol–water partition coefficient (Wildman–Crippen LogP) is 0.558. The van der Waals surface area contributed by atoms with Crippen LogP contribution >= 0.6 is 15.9 Å². The monoisotopic (exact) mass is 376 g/mol. The second kappa shape index (κ2) is 6.10. The number of aromatic nitrogens is 1. The lowest BCUT2D eigenvalue weighted by Gasteiger charge is -2.34. The van der Waals surface area contributed by atoms with E-state index in [4.69, 9.17) is 5.11 Å². The summed E-state index contributed by atoms with van der Waals surface area (Å²) in [4.78, 5) is 28.6. The molecule has 1 atom stereocenters. The fourth-order valence-electron chi connectivity index (χ4n) is 2.20. The van der Waals surface area contributed by atoms with Crippen molar-refractivity contribution in [2.75, 3.05) is 18.1 Å². The molecule has 1 aromatic rings. The van der Waals surface area contributed by atoms with Crippen molar-refractivity contribution in [1.29, 1.82) is 0 Å². The van der Waals surface area contributed by atoms with Crippen LogP contribution in [0.5, 0.6) is 0 Å². The summed E-state index contributed by atoms with van der Waals surface area (Å²) in [6, 6.07) is 2.42. The number of hydrogen-bond acceptors (Lipinski definition) is 5. The van der Waals surface area contributed by atoms with Gasteiger partial charge in [-0.15, -0.1) is 0 Å². The van der Waals surface area contributed by atoms with Crippen LogP contribution in [0.1, 0.15) is 16.9 Å². The first-order valence-corrected chi connectivity index (χ1v) is 8.75. The summed E-state index contributed by atoms with van der Waals surface area (Å²) in [6.07, 6.45) is 1.04. The van der Waals surface area contributed by atoms with Gasteiger partial charge in [-0.3, -0.25) is 9.59 Å². The maximum absolute atomic E-state index is 12.5. The first-order chi connectivity index (χ1) is 9.80. The second-order valence-corrected chi connectivity index (χ2v) is 7.78. The molecule has 0 aliphatic carbocycles. The lowest BCUT2D eigenvalue weighted by atomic mass is 10.1. The Labute approximate surface area is 130 Å². The van der Waals surface area contributed by atoms with Gasteiger partial charge in [-0.05, 0) is 28.1 Å². The normalized spacial score (nSPS) is 21.0. The zero-order chi connectivity index (χ0) is 15.6. The van der Waals surface area contributed by atoms with Crippen LogP contribution in [0.3, 0.4) is 0 Å². The Bertz CT molecular complexity index is 676. The number of halogens is 1. The molecule has 2 rings (SSSR count). The molecule has 114 valence electrons. The van der Waals surface area contributed by atoms with E-state index in [9.17, 15) is 18.0 Å². The predicted molar refractivity (Wildman–Crippen MR) is 77.7 cm³/mol. The number of carboxylic acids is 1. The van der Waals surface area contributed by atoms with Crippen LogP contribution in [0, 0.1) is 0 Å². The number of rotatable bonds is 3. The Kier molecular flexibility index (Phi) is 4.62.